The van der Waals surface area contributed by atoms with Crippen molar-refractivity contribution in [1.82, 2.24) is 4.90 Å². The summed E-state index contributed by atoms with van der Waals surface area (Å²) < 4.78 is 0. The largest absolute Gasteiger partial charge is 0.338 e. The summed E-state index contributed by atoms with van der Waals surface area (Å²) >= 11 is 3.42. The van der Waals surface area contributed by atoms with Crippen molar-refractivity contribution >= 4 is 27.5 Å². The van der Waals surface area contributed by atoms with Crippen molar-refractivity contribution in [3.63, 3.8) is 0 Å². The Morgan fingerprint density at radius 2 is 2.11 bits per heavy atom. The quantitative estimate of drug-likeness (QED) is 0.489. The number of rotatable bonds is 3. The number of nitrogens with zero attached hydrogens (tertiary/aromatic N) is 2. The first-order valence-corrected chi connectivity index (χ1v) is 6.83. The van der Waals surface area contributed by atoms with Gasteiger partial charge in [-0.2, -0.15) is 0 Å². The number of halogens is 1. The predicted molar refractivity (Wildman–Crippen MR) is 70.9 cm³/mol. The Morgan fingerprint density at radius 1 is 1.44 bits per heavy atom. The molecule has 1 unspecified atom stereocenters. The molecule has 1 heterocycles. The molecule has 0 aromatic heterocycles. The van der Waals surface area contributed by atoms with Crippen molar-refractivity contribution in [1.29, 1.82) is 0 Å². The SMILES string of the molecule is O=C(c1ccc([N+](=O)[O-])cc1)N1CCC(CBr)C1. The van der Waals surface area contributed by atoms with Gasteiger partial charge >= 0.3 is 0 Å². The number of amides is 1. The highest BCUT2D eigenvalue weighted by Gasteiger charge is 2.26. The van der Waals surface area contributed by atoms with Gasteiger partial charge in [0.15, 0.2) is 0 Å². The molecule has 1 fully saturated rings. The average Bonchev–Trinajstić information content (AvgIpc) is 2.86. The summed E-state index contributed by atoms with van der Waals surface area (Å²) in [6.07, 6.45) is 1.00. The van der Waals surface area contributed by atoms with Crippen molar-refractivity contribution in [3.8, 4) is 0 Å². The zero-order chi connectivity index (χ0) is 13.1. The Labute approximate surface area is 113 Å². The van der Waals surface area contributed by atoms with E-state index in [1.165, 1.54) is 24.3 Å². The van der Waals surface area contributed by atoms with Crippen LogP contribution in [0.3, 0.4) is 0 Å². The Morgan fingerprint density at radius 3 is 2.61 bits per heavy atom. The molecular formula is C12H13BrN2O3. The minimum absolute atomic E-state index is 0.00584. The fourth-order valence-corrected chi connectivity index (χ4v) is 2.58. The van der Waals surface area contributed by atoms with Crippen LogP contribution in [-0.2, 0) is 0 Å². The van der Waals surface area contributed by atoms with Crippen LogP contribution in [0.15, 0.2) is 24.3 Å². The number of carbonyl (C=O) groups is 1. The van der Waals surface area contributed by atoms with Gasteiger partial charge in [-0.1, -0.05) is 15.9 Å². The van der Waals surface area contributed by atoms with Crippen LogP contribution in [-0.4, -0.2) is 34.2 Å². The Kier molecular flexibility index (Phi) is 3.96. The van der Waals surface area contributed by atoms with Crippen molar-refractivity contribution in [2.24, 2.45) is 5.92 Å². The minimum atomic E-state index is -0.467. The molecule has 0 radical (unpaired) electrons. The van der Waals surface area contributed by atoms with E-state index >= 15 is 0 Å². The van der Waals surface area contributed by atoms with Gasteiger partial charge in [-0.25, -0.2) is 0 Å². The normalized spacial score (nSPS) is 18.9. The number of nitro benzene ring substituents is 1. The first-order valence-electron chi connectivity index (χ1n) is 5.71. The smallest absolute Gasteiger partial charge is 0.269 e. The molecule has 1 aromatic carbocycles. The number of hydrogen-bond donors (Lipinski definition) is 0. The maximum Gasteiger partial charge on any atom is 0.269 e. The lowest BCUT2D eigenvalue weighted by Gasteiger charge is -2.15. The van der Waals surface area contributed by atoms with Crippen LogP contribution < -0.4 is 0 Å². The van der Waals surface area contributed by atoms with E-state index < -0.39 is 4.92 Å². The molecule has 1 aromatic rings. The minimum Gasteiger partial charge on any atom is -0.338 e. The standard InChI is InChI=1S/C12H13BrN2O3/c13-7-9-5-6-14(8-9)12(16)10-1-3-11(4-2-10)15(17)18/h1-4,9H,5-8H2. The molecule has 1 aliphatic rings. The number of carbonyl (C=O) groups excluding carboxylic acids is 1. The number of hydrogen-bond acceptors (Lipinski definition) is 3. The molecule has 0 aliphatic carbocycles. The van der Waals surface area contributed by atoms with Gasteiger partial charge in [0, 0.05) is 36.1 Å². The number of benzene rings is 1. The maximum atomic E-state index is 12.1. The third kappa shape index (κ3) is 2.69. The van der Waals surface area contributed by atoms with E-state index in [1.807, 2.05) is 0 Å². The van der Waals surface area contributed by atoms with Crippen LogP contribution in [0.1, 0.15) is 16.8 Å². The molecular weight excluding hydrogens is 300 g/mol. The van der Waals surface area contributed by atoms with Crippen molar-refractivity contribution < 1.29 is 9.72 Å². The third-order valence-corrected chi connectivity index (χ3v) is 4.03. The summed E-state index contributed by atoms with van der Waals surface area (Å²) in [6.45, 7) is 1.51. The fourth-order valence-electron chi connectivity index (χ4n) is 2.05. The number of likely N-dealkylation sites (tertiary alicyclic amines) is 1. The topological polar surface area (TPSA) is 63.4 Å². The lowest BCUT2D eigenvalue weighted by atomic mass is 10.1. The Balaban J connectivity index is 2.07. The monoisotopic (exact) mass is 312 g/mol. The molecule has 5 nitrogen and oxygen atoms in total. The predicted octanol–water partition coefficient (Wildman–Crippen LogP) is 2.45. The summed E-state index contributed by atoms with van der Waals surface area (Å²) in [4.78, 5) is 24.0. The van der Waals surface area contributed by atoms with Gasteiger partial charge in [-0.05, 0) is 24.5 Å². The van der Waals surface area contributed by atoms with Gasteiger partial charge in [-0.15, -0.1) is 0 Å². The van der Waals surface area contributed by atoms with Crippen LogP contribution in [0.5, 0.6) is 0 Å². The van der Waals surface area contributed by atoms with Crippen LogP contribution in [0.25, 0.3) is 0 Å². The van der Waals surface area contributed by atoms with Crippen LogP contribution in [0.2, 0.25) is 0 Å². The van der Waals surface area contributed by atoms with E-state index in [0.717, 1.165) is 24.8 Å². The summed E-state index contributed by atoms with van der Waals surface area (Å²) in [5.41, 5.74) is 0.516. The van der Waals surface area contributed by atoms with E-state index in [4.69, 9.17) is 0 Å². The van der Waals surface area contributed by atoms with Crippen molar-refractivity contribution in [2.75, 3.05) is 18.4 Å². The van der Waals surface area contributed by atoms with E-state index in [0.29, 0.717) is 11.5 Å². The van der Waals surface area contributed by atoms with E-state index in [-0.39, 0.29) is 11.6 Å². The second-order valence-corrected chi connectivity index (χ2v) is 5.01. The average molecular weight is 313 g/mol. The number of non-ortho nitro benzene ring substituents is 1. The molecule has 1 amide bonds. The van der Waals surface area contributed by atoms with Crippen LogP contribution >= 0.6 is 15.9 Å². The maximum absolute atomic E-state index is 12.1. The molecule has 6 heteroatoms. The second kappa shape index (κ2) is 5.48. The zero-order valence-electron chi connectivity index (χ0n) is 9.71. The highest BCUT2D eigenvalue weighted by molar-refractivity contribution is 9.09. The Hall–Kier alpha value is -1.43. The lowest BCUT2D eigenvalue weighted by Crippen LogP contribution is -2.28. The van der Waals surface area contributed by atoms with Gasteiger partial charge in [0.2, 0.25) is 0 Å². The molecule has 0 saturated carbocycles. The fraction of sp³-hybridized carbons (Fsp3) is 0.417. The first-order chi connectivity index (χ1) is 8.61. The van der Waals surface area contributed by atoms with Gasteiger partial charge < -0.3 is 4.90 Å². The zero-order valence-corrected chi connectivity index (χ0v) is 11.3. The van der Waals surface area contributed by atoms with E-state index in [1.54, 1.807) is 4.90 Å². The molecule has 2 rings (SSSR count). The molecule has 1 atom stereocenters. The Bertz CT molecular complexity index is 461. The van der Waals surface area contributed by atoms with Crippen molar-refractivity contribution in [2.45, 2.75) is 6.42 Å². The first kappa shape index (κ1) is 13.0. The third-order valence-electron chi connectivity index (χ3n) is 3.12. The van der Waals surface area contributed by atoms with Crippen LogP contribution in [0, 0.1) is 16.0 Å². The molecule has 0 bridgehead atoms. The molecule has 1 saturated heterocycles. The van der Waals surface area contributed by atoms with E-state index in [2.05, 4.69) is 15.9 Å². The molecule has 1 aliphatic heterocycles. The molecule has 96 valence electrons. The summed E-state index contributed by atoms with van der Waals surface area (Å²) in [7, 11) is 0. The van der Waals surface area contributed by atoms with Gasteiger partial charge in [0.05, 0.1) is 4.92 Å². The summed E-state index contributed by atoms with van der Waals surface area (Å²) in [6, 6.07) is 5.76. The molecule has 0 spiro atoms. The molecule has 0 N–H and O–H groups in total. The van der Waals surface area contributed by atoms with Gasteiger partial charge in [0.1, 0.15) is 0 Å². The molecule has 18 heavy (non-hydrogen) atoms. The van der Waals surface area contributed by atoms with Crippen LogP contribution in [0.4, 0.5) is 5.69 Å². The van der Waals surface area contributed by atoms with E-state index in [9.17, 15) is 14.9 Å². The van der Waals surface area contributed by atoms with Gasteiger partial charge in [0.25, 0.3) is 11.6 Å². The van der Waals surface area contributed by atoms with Gasteiger partial charge in [-0.3, -0.25) is 14.9 Å². The highest BCUT2D eigenvalue weighted by atomic mass is 79.9. The summed E-state index contributed by atoms with van der Waals surface area (Å²) in [5.74, 6) is 0.459. The summed E-state index contributed by atoms with van der Waals surface area (Å²) in [5, 5.41) is 11.4. The highest BCUT2D eigenvalue weighted by Crippen LogP contribution is 2.21. The number of nitro groups is 1. The number of alkyl halides is 1. The lowest BCUT2D eigenvalue weighted by molar-refractivity contribution is -0.384. The second-order valence-electron chi connectivity index (χ2n) is 4.36. The van der Waals surface area contributed by atoms with Crippen molar-refractivity contribution in [3.05, 3.63) is 39.9 Å².